The van der Waals surface area contributed by atoms with Crippen LogP contribution in [0.4, 0.5) is 4.39 Å². The van der Waals surface area contributed by atoms with E-state index in [4.69, 9.17) is 14.6 Å². The van der Waals surface area contributed by atoms with E-state index in [9.17, 15) is 9.90 Å². The van der Waals surface area contributed by atoms with Crippen LogP contribution < -0.4 is 10.1 Å². The number of hydrogen-bond donors (Lipinski definition) is 2. The number of nitrogens with zero attached hydrogens (tertiary/aromatic N) is 8. The Balaban J connectivity index is 1.38. The number of amides is 1. The Morgan fingerprint density at radius 2 is 2.02 bits per heavy atom. The summed E-state index contributed by atoms with van der Waals surface area (Å²) in [5.41, 5.74) is 2.82. The molecule has 5 rings (SSSR count). The molecule has 42 heavy (non-hydrogen) atoms. The first-order valence-electron chi connectivity index (χ1n) is 13.5. The van der Waals surface area contributed by atoms with Crippen molar-refractivity contribution in [2.75, 3.05) is 27.8 Å². The number of aromatic nitrogens is 7. The number of likely N-dealkylation sites (N-methyl/N-ethyl adjacent to an activating group) is 1. The SMILES string of the molecule is COCc1nn(Cc2cc3n(n2)C(C(C)(C)O)CN(C)C3)cc1C(=O)NCc1c(-n2cc(C)nn2)ccc(OC)c1F. The maximum absolute atomic E-state index is 15.3. The number of methoxy groups -OCH3 is 2. The van der Waals surface area contributed by atoms with Crippen LogP contribution in [0.1, 0.15) is 58.6 Å². The second kappa shape index (κ2) is 11.6. The summed E-state index contributed by atoms with van der Waals surface area (Å²) < 4.78 is 30.8. The lowest BCUT2D eigenvalue weighted by molar-refractivity contribution is -0.00739. The molecule has 2 N–H and O–H groups in total. The van der Waals surface area contributed by atoms with Crippen molar-refractivity contribution in [1.29, 1.82) is 0 Å². The normalized spacial score (nSPS) is 15.6. The molecule has 1 aromatic carbocycles. The summed E-state index contributed by atoms with van der Waals surface area (Å²) in [5.74, 6) is -0.993. The zero-order valence-corrected chi connectivity index (χ0v) is 24.6. The average Bonchev–Trinajstić information content (AvgIpc) is 3.65. The lowest BCUT2D eigenvalue weighted by Crippen LogP contribution is -2.45. The Morgan fingerprint density at radius 3 is 2.69 bits per heavy atom. The molecule has 14 heteroatoms. The summed E-state index contributed by atoms with van der Waals surface area (Å²) >= 11 is 0. The fraction of sp³-hybridized carbons (Fsp3) is 0.464. The molecule has 0 spiro atoms. The van der Waals surface area contributed by atoms with Gasteiger partial charge in [-0.2, -0.15) is 10.2 Å². The summed E-state index contributed by atoms with van der Waals surface area (Å²) in [6, 6.07) is 4.95. The average molecular weight is 582 g/mol. The van der Waals surface area contributed by atoms with Crippen LogP contribution in [0.5, 0.6) is 5.75 Å². The van der Waals surface area contributed by atoms with Gasteiger partial charge in [0.05, 0.1) is 66.4 Å². The Kier molecular flexibility index (Phi) is 8.12. The van der Waals surface area contributed by atoms with Gasteiger partial charge in [0.1, 0.15) is 5.69 Å². The van der Waals surface area contributed by atoms with Gasteiger partial charge >= 0.3 is 0 Å². The quantitative estimate of drug-likeness (QED) is 0.288. The Bertz CT molecular complexity index is 1590. The highest BCUT2D eigenvalue weighted by atomic mass is 19.1. The van der Waals surface area contributed by atoms with Gasteiger partial charge in [0.2, 0.25) is 0 Å². The summed E-state index contributed by atoms with van der Waals surface area (Å²) in [6.45, 7) is 7.02. The molecular formula is C28H36FN9O4. The number of fused-ring (bicyclic) bond motifs is 1. The second-order valence-electron chi connectivity index (χ2n) is 11.1. The predicted molar refractivity (Wildman–Crippen MR) is 150 cm³/mol. The van der Waals surface area contributed by atoms with E-state index >= 15 is 4.39 Å². The van der Waals surface area contributed by atoms with E-state index in [1.807, 2.05) is 17.8 Å². The minimum atomic E-state index is -0.954. The standard InChI is InChI=1S/C28H36FN9O4/c1-17-11-37(34-31-17)23-7-8-24(42-6)26(29)20(23)10-30-27(39)21-14-36(33-22(21)16-41-5)12-18-9-19-13-35(4)15-25(28(2,3)40)38(19)32-18/h7-9,11,14,25,40H,10,12-13,15-16H2,1-6H3,(H,30,39). The van der Waals surface area contributed by atoms with Crippen LogP contribution in [0, 0.1) is 12.7 Å². The Morgan fingerprint density at radius 1 is 1.24 bits per heavy atom. The van der Waals surface area contributed by atoms with Crippen molar-refractivity contribution < 1.29 is 23.8 Å². The molecule has 1 aliphatic heterocycles. The minimum Gasteiger partial charge on any atom is -0.494 e. The molecule has 0 radical (unpaired) electrons. The number of aryl methyl sites for hydroxylation is 1. The van der Waals surface area contributed by atoms with Gasteiger partial charge in [-0.05, 0) is 46.0 Å². The number of carbonyl (C=O) groups excluding carboxylic acids is 1. The van der Waals surface area contributed by atoms with Crippen molar-refractivity contribution in [2.45, 2.75) is 58.7 Å². The Labute approximate surface area is 242 Å². The van der Waals surface area contributed by atoms with Gasteiger partial charge < -0.3 is 19.9 Å². The van der Waals surface area contributed by atoms with Crippen LogP contribution in [-0.4, -0.2) is 83.9 Å². The Hall–Kier alpha value is -4.14. The molecule has 0 saturated carbocycles. The van der Waals surface area contributed by atoms with Crippen molar-refractivity contribution in [1.82, 2.24) is 44.8 Å². The molecule has 0 saturated heterocycles. The van der Waals surface area contributed by atoms with Crippen molar-refractivity contribution >= 4 is 5.91 Å². The first-order valence-corrected chi connectivity index (χ1v) is 13.5. The third-order valence-corrected chi connectivity index (χ3v) is 7.26. The van der Waals surface area contributed by atoms with E-state index in [1.54, 1.807) is 43.9 Å². The summed E-state index contributed by atoms with van der Waals surface area (Å²) in [7, 11) is 4.91. The van der Waals surface area contributed by atoms with E-state index in [2.05, 4.69) is 25.6 Å². The van der Waals surface area contributed by atoms with Gasteiger partial charge in [0.25, 0.3) is 5.91 Å². The van der Waals surface area contributed by atoms with Crippen molar-refractivity contribution in [3.05, 3.63) is 70.3 Å². The maximum atomic E-state index is 15.3. The number of ether oxygens (including phenoxy) is 2. The van der Waals surface area contributed by atoms with E-state index < -0.39 is 17.3 Å². The first-order chi connectivity index (χ1) is 20.0. The highest BCUT2D eigenvalue weighted by Crippen LogP contribution is 2.30. The molecule has 1 atom stereocenters. The smallest absolute Gasteiger partial charge is 0.255 e. The van der Waals surface area contributed by atoms with Gasteiger partial charge in [0, 0.05) is 38.5 Å². The predicted octanol–water partition coefficient (Wildman–Crippen LogP) is 2.00. The molecule has 1 unspecified atom stereocenters. The van der Waals surface area contributed by atoms with Crippen LogP contribution in [0.15, 0.2) is 30.6 Å². The van der Waals surface area contributed by atoms with Gasteiger partial charge in [-0.3, -0.25) is 19.1 Å². The highest BCUT2D eigenvalue weighted by molar-refractivity contribution is 5.95. The minimum absolute atomic E-state index is 0.0495. The molecule has 1 aliphatic rings. The third-order valence-electron chi connectivity index (χ3n) is 7.26. The number of aliphatic hydroxyl groups is 1. The molecule has 13 nitrogen and oxygen atoms in total. The fourth-order valence-corrected chi connectivity index (χ4v) is 5.19. The number of carbonyl (C=O) groups is 1. The van der Waals surface area contributed by atoms with Crippen molar-refractivity contribution in [3.8, 4) is 11.4 Å². The molecule has 1 amide bonds. The van der Waals surface area contributed by atoms with E-state index in [0.717, 1.165) is 11.4 Å². The lowest BCUT2D eigenvalue weighted by Gasteiger charge is -2.37. The maximum Gasteiger partial charge on any atom is 0.255 e. The van der Waals surface area contributed by atoms with E-state index in [1.165, 1.54) is 25.0 Å². The van der Waals surface area contributed by atoms with Crippen LogP contribution in [0.2, 0.25) is 0 Å². The topological polar surface area (TPSA) is 137 Å². The van der Waals surface area contributed by atoms with Gasteiger partial charge in [-0.1, -0.05) is 5.21 Å². The van der Waals surface area contributed by atoms with Crippen LogP contribution >= 0.6 is 0 Å². The van der Waals surface area contributed by atoms with Crippen LogP contribution in [-0.2, 0) is 31.0 Å². The van der Waals surface area contributed by atoms with Crippen LogP contribution in [0.3, 0.4) is 0 Å². The van der Waals surface area contributed by atoms with E-state index in [0.29, 0.717) is 42.3 Å². The zero-order valence-electron chi connectivity index (χ0n) is 24.6. The second-order valence-corrected chi connectivity index (χ2v) is 11.1. The number of nitrogens with one attached hydrogen (secondary N) is 1. The molecule has 4 heterocycles. The number of hydrogen-bond acceptors (Lipinski definition) is 9. The van der Waals surface area contributed by atoms with Gasteiger partial charge in [-0.15, -0.1) is 5.10 Å². The number of rotatable bonds is 10. The van der Waals surface area contributed by atoms with Gasteiger partial charge in [0.15, 0.2) is 11.6 Å². The molecule has 4 aromatic rings. The summed E-state index contributed by atoms with van der Waals surface area (Å²) in [5, 5.41) is 30.9. The molecule has 0 bridgehead atoms. The monoisotopic (exact) mass is 581 g/mol. The molecule has 0 aliphatic carbocycles. The first kappa shape index (κ1) is 29.4. The van der Waals surface area contributed by atoms with Crippen LogP contribution in [0.25, 0.3) is 5.69 Å². The molecular weight excluding hydrogens is 545 g/mol. The van der Waals surface area contributed by atoms with Crippen molar-refractivity contribution in [3.63, 3.8) is 0 Å². The van der Waals surface area contributed by atoms with Gasteiger partial charge in [-0.25, -0.2) is 9.07 Å². The molecule has 224 valence electrons. The largest absolute Gasteiger partial charge is 0.494 e. The zero-order chi connectivity index (χ0) is 30.2. The summed E-state index contributed by atoms with van der Waals surface area (Å²) in [4.78, 5) is 15.5. The third kappa shape index (κ3) is 5.91. The lowest BCUT2D eigenvalue weighted by atomic mass is 9.97. The highest BCUT2D eigenvalue weighted by Gasteiger charge is 2.35. The van der Waals surface area contributed by atoms with Crippen molar-refractivity contribution in [2.24, 2.45) is 0 Å². The number of halogens is 1. The fourth-order valence-electron chi connectivity index (χ4n) is 5.19. The molecule has 0 fully saturated rings. The number of benzene rings is 1. The molecule has 3 aromatic heterocycles. The summed E-state index contributed by atoms with van der Waals surface area (Å²) in [6.07, 6.45) is 3.30. The van der Waals surface area contributed by atoms with E-state index in [-0.39, 0.29) is 30.5 Å².